The normalized spacial score (nSPS) is 19.7. The van der Waals surface area contributed by atoms with Gasteiger partial charge in [0.15, 0.2) is 0 Å². The molecule has 4 rings (SSSR count). The number of carbonyl (C=O) groups excluding carboxylic acids is 2. The minimum absolute atomic E-state index is 0.0964. The van der Waals surface area contributed by atoms with E-state index in [0.717, 1.165) is 21.3 Å². The lowest BCUT2D eigenvalue weighted by Crippen LogP contribution is -2.40. The van der Waals surface area contributed by atoms with E-state index in [2.05, 4.69) is 21.2 Å². The highest BCUT2D eigenvalue weighted by atomic mass is 79.9. The van der Waals surface area contributed by atoms with Gasteiger partial charge in [-0.15, -0.1) is 0 Å². The number of fused-ring (bicyclic) bond motifs is 1. The summed E-state index contributed by atoms with van der Waals surface area (Å²) in [6, 6.07) is 11.0. The van der Waals surface area contributed by atoms with Crippen LogP contribution < -0.4 is 14.8 Å². The van der Waals surface area contributed by atoms with Crippen molar-refractivity contribution in [3.63, 3.8) is 0 Å². The lowest BCUT2D eigenvalue weighted by atomic mass is 9.71. The summed E-state index contributed by atoms with van der Waals surface area (Å²) in [4.78, 5) is 25.8. The molecule has 178 valence electrons. The molecule has 8 heteroatoms. The molecule has 6 nitrogen and oxygen atoms in total. The summed E-state index contributed by atoms with van der Waals surface area (Å²) in [7, 11) is 2.94. The Hall–Kier alpha value is -2.77. The zero-order valence-corrected chi connectivity index (χ0v) is 21.5. The van der Waals surface area contributed by atoms with Crippen molar-refractivity contribution in [3.8, 4) is 11.5 Å². The molecule has 0 radical (unpaired) electrons. The molecule has 2 atom stereocenters. The first-order chi connectivity index (χ1) is 16.3. The number of halogens is 2. The van der Waals surface area contributed by atoms with Gasteiger partial charge in [0.25, 0.3) is 0 Å². The van der Waals surface area contributed by atoms with Gasteiger partial charge in [0.05, 0.1) is 30.7 Å². The van der Waals surface area contributed by atoms with Gasteiger partial charge < -0.3 is 19.5 Å². The van der Waals surface area contributed by atoms with Crippen molar-refractivity contribution in [1.29, 1.82) is 0 Å². The van der Waals surface area contributed by atoms with Gasteiger partial charge in [-0.2, -0.15) is 0 Å². The summed E-state index contributed by atoms with van der Waals surface area (Å²) in [5, 5.41) is 3.74. The Kier molecular flexibility index (Phi) is 7.33. The summed E-state index contributed by atoms with van der Waals surface area (Å²) in [6.45, 7) is 2.03. The van der Waals surface area contributed by atoms with Gasteiger partial charge in [0.2, 0.25) is 0 Å². The quantitative estimate of drug-likeness (QED) is 0.470. The number of hydrogen-bond donors (Lipinski definition) is 1. The van der Waals surface area contributed by atoms with Gasteiger partial charge in [0, 0.05) is 33.8 Å². The number of carbonyl (C=O) groups is 2. The highest BCUT2D eigenvalue weighted by molar-refractivity contribution is 9.10. The number of benzene rings is 2. The maximum Gasteiger partial charge on any atom is 0.336 e. The standard InChI is InChI=1S/C26H25BrClNO5/c1-14-23(26(31)33-3)24(25-19(29-14)5-4-6-20(25)30)15-7-9-21(32-2)16(11-15)13-34-22-10-8-17(27)12-18(22)28/h5,7-12,24-25,29H,4,6,13H2,1-3H3. The molecule has 2 unspecified atom stereocenters. The van der Waals surface area contributed by atoms with Crippen molar-refractivity contribution in [3.05, 3.63) is 80.1 Å². The number of Topliss-reactive ketones (excluding diaryl/α,β-unsaturated/α-hetero) is 1. The molecule has 0 aromatic heterocycles. The van der Waals surface area contributed by atoms with Crippen LogP contribution in [0.25, 0.3) is 0 Å². The lowest BCUT2D eigenvalue weighted by Gasteiger charge is -2.38. The van der Waals surface area contributed by atoms with Gasteiger partial charge in [-0.3, -0.25) is 4.79 Å². The van der Waals surface area contributed by atoms with E-state index in [9.17, 15) is 9.59 Å². The molecule has 2 aliphatic rings. The molecule has 1 aliphatic carbocycles. The van der Waals surface area contributed by atoms with Crippen LogP contribution in [0.5, 0.6) is 11.5 Å². The Morgan fingerprint density at radius 1 is 1.15 bits per heavy atom. The van der Waals surface area contributed by atoms with E-state index >= 15 is 0 Å². The van der Waals surface area contributed by atoms with E-state index in [1.165, 1.54) is 7.11 Å². The number of hydrogen-bond acceptors (Lipinski definition) is 6. The summed E-state index contributed by atoms with van der Waals surface area (Å²) in [6.07, 6.45) is 3.16. The topological polar surface area (TPSA) is 73.9 Å². The van der Waals surface area contributed by atoms with E-state index < -0.39 is 17.8 Å². The zero-order chi connectivity index (χ0) is 24.4. The largest absolute Gasteiger partial charge is 0.496 e. The fourth-order valence-electron chi connectivity index (χ4n) is 4.61. The third kappa shape index (κ3) is 4.72. The summed E-state index contributed by atoms with van der Waals surface area (Å²) >= 11 is 9.70. The number of rotatable bonds is 6. The van der Waals surface area contributed by atoms with Crippen LogP contribution in [-0.4, -0.2) is 26.0 Å². The molecule has 0 bridgehead atoms. The summed E-state index contributed by atoms with van der Waals surface area (Å²) < 4.78 is 17.5. The van der Waals surface area contributed by atoms with E-state index in [4.69, 9.17) is 25.8 Å². The predicted molar refractivity (Wildman–Crippen MR) is 133 cm³/mol. The van der Waals surface area contributed by atoms with Crippen molar-refractivity contribution < 1.29 is 23.8 Å². The fourth-order valence-corrected chi connectivity index (χ4v) is 5.33. The summed E-state index contributed by atoms with van der Waals surface area (Å²) in [5.41, 5.74) is 3.56. The van der Waals surface area contributed by atoms with Gasteiger partial charge in [-0.25, -0.2) is 4.79 Å². The molecule has 1 heterocycles. The Labute approximate surface area is 212 Å². The van der Waals surface area contributed by atoms with E-state index in [1.54, 1.807) is 19.2 Å². The highest BCUT2D eigenvalue weighted by Gasteiger charge is 2.43. The van der Waals surface area contributed by atoms with Crippen molar-refractivity contribution in [2.75, 3.05) is 14.2 Å². The van der Waals surface area contributed by atoms with Crippen LogP contribution in [0.2, 0.25) is 5.02 Å². The fraction of sp³-hybridized carbons (Fsp3) is 0.308. The monoisotopic (exact) mass is 545 g/mol. The van der Waals surface area contributed by atoms with E-state index in [1.807, 2.05) is 37.3 Å². The second kappa shape index (κ2) is 10.2. The minimum atomic E-state index is -0.478. The number of ether oxygens (including phenoxy) is 3. The van der Waals surface area contributed by atoms with Crippen LogP contribution in [0.3, 0.4) is 0 Å². The van der Waals surface area contributed by atoms with Gasteiger partial charge in [0.1, 0.15) is 23.9 Å². The minimum Gasteiger partial charge on any atom is -0.496 e. The molecular formula is C26H25BrClNO5. The Morgan fingerprint density at radius 3 is 2.62 bits per heavy atom. The molecule has 2 aromatic rings. The smallest absolute Gasteiger partial charge is 0.336 e. The number of ketones is 1. The maximum absolute atomic E-state index is 13.0. The number of nitrogens with one attached hydrogen (secondary N) is 1. The molecule has 0 amide bonds. The first-order valence-corrected chi connectivity index (χ1v) is 12.0. The van der Waals surface area contributed by atoms with Crippen molar-refractivity contribution in [1.82, 2.24) is 5.32 Å². The third-order valence-electron chi connectivity index (χ3n) is 6.16. The Bertz CT molecular complexity index is 1210. The van der Waals surface area contributed by atoms with E-state index in [0.29, 0.717) is 40.6 Å². The third-order valence-corrected chi connectivity index (χ3v) is 6.95. The molecule has 0 fully saturated rings. The molecule has 0 saturated heterocycles. The van der Waals surface area contributed by atoms with Crippen LogP contribution in [0.15, 0.2) is 63.9 Å². The maximum atomic E-state index is 13.0. The Balaban J connectivity index is 1.76. The molecule has 1 aliphatic heterocycles. The number of allylic oxidation sites excluding steroid dienone is 3. The highest BCUT2D eigenvalue weighted by Crippen LogP contribution is 2.44. The van der Waals surface area contributed by atoms with Crippen LogP contribution in [-0.2, 0) is 20.9 Å². The van der Waals surface area contributed by atoms with Crippen molar-refractivity contribution in [2.45, 2.75) is 32.3 Å². The van der Waals surface area contributed by atoms with Gasteiger partial charge in [-0.1, -0.05) is 39.7 Å². The predicted octanol–water partition coefficient (Wildman–Crippen LogP) is 5.69. The number of esters is 1. The molecule has 0 spiro atoms. The van der Waals surface area contributed by atoms with E-state index in [-0.39, 0.29) is 12.4 Å². The molecule has 1 N–H and O–H groups in total. The van der Waals surface area contributed by atoms with Crippen LogP contribution in [0, 0.1) is 5.92 Å². The second-order valence-corrected chi connectivity index (χ2v) is 9.53. The average Bonchev–Trinajstić information content (AvgIpc) is 2.82. The van der Waals surface area contributed by atoms with Crippen molar-refractivity contribution >= 4 is 39.3 Å². The molecular weight excluding hydrogens is 522 g/mol. The molecule has 0 saturated carbocycles. The first kappa shape index (κ1) is 24.4. The molecule has 34 heavy (non-hydrogen) atoms. The van der Waals surface area contributed by atoms with Crippen LogP contribution in [0.4, 0.5) is 0 Å². The molecule has 2 aromatic carbocycles. The second-order valence-electron chi connectivity index (χ2n) is 8.21. The van der Waals surface area contributed by atoms with Gasteiger partial charge in [-0.05, 0) is 49.2 Å². The Morgan fingerprint density at radius 2 is 1.91 bits per heavy atom. The first-order valence-electron chi connectivity index (χ1n) is 10.9. The lowest BCUT2D eigenvalue weighted by molar-refractivity contribution is -0.136. The van der Waals surface area contributed by atoms with Crippen molar-refractivity contribution in [2.24, 2.45) is 5.92 Å². The van der Waals surface area contributed by atoms with Crippen LogP contribution >= 0.6 is 27.5 Å². The number of methoxy groups -OCH3 is 2. The van der Waals surface area contributed by atoms with Crippen LogP contribution in [0.1, 0.15) is 36.8 Å². The average molecular weight is 547 g/mol. The van der Waals surface area contributed by atoms with Gasteiger partial charge >= 0.3 is 5.97 Å². The SMILES string of the molecule is COC(=O)C1=C(C)NC2=CCCC(=O)C2C1c1ccc(OC)c(COc2ccc(Br)cc2Cl)c1. The summed E-state index contributed by atoms with van der Waals surface area (Å²) in [5.74, 6) is -0.139. The zero-order valence-electron chi connectivity index (χ0n) is 19.1.